The molecule has 2 atom stereocenters. The van der Waals surface area contributed by atoms with Crippen molar-refractivity contribution in [1.82, 2.24) is 9.80 Å². The fourth-order valence-corrected chi connectivity index (χ4v) is 5.38. The highest BCUT2D eigenvalue weighted by molar-refractivity contribution is 5.96. The number of para-hydroxylation sites is 1. The summed E-state index contributed by atoms with van der Waals surface area (Å²) in [5, 5.41) is 0. The first-order chi connectivity index (χ1) is 14.1. The lowest BCUT2D eigenvalue weighted by Crippen LogP contribution is -2.55. The molecule has 0 radical (unpaired) electrons. The number of likely N-dealkylation sites (tertiary alicyclic amines) is 1. The Morgan fingerprint density at radius 1 is 0.966 bits per heavy atom. The minimum absolute atomic E-state index is 0.00977. The molecule has 3 heterocycles. The Labute approximate surface area is 173 Å². The van der Waals surface area contributed by atoms with E-state index in [1.807, 2.05) is 23.1 Å². The molecule has 0 aliphatic carbocycles. The number of hydrogen-bond donors (Lipinski definition) is 0. The van der Waals surface area contributed by atoms with Gasteiger partial charge in [-0.3, -0.25) is 9.69 Å². The van der Waals surface area contributed by atoms with Crippen molar-refractivity contribution >= 4 is 5.91 Å². The number of aryl methyl sites for hydroxylation is 1. The highest BCUT2D eigenvalue weighted by Crippen LogP contribution is 2.40. The zero-order chi connectivity index (χ0) is 19.8. The molecule has 152 valence electrons. The van der Waals surface area contributed by atoms with Crippen LogP contribution in [-0.2, 0) is 12.8 Å². The molecule has 1 saturated heterocycles. The maximum absolute atomic E-state index is 12.8. The summed E-state index contributed by atoms with van der Waals surface area (Å²) in [5.41, 5.74) is 3.41. The van der Waals surface area contributed by atoms with E-state index >= 15 is 0 Å². The number of rotatable bonds is 3. The number of piperidine rings is 1. The van der Waals surface area contributed by atoms with Crippen molar-refractivity contribution in [3.05, 3.63) is 65.2 Å². The van der Waals surface area contributed by atoms with Crippen LogP contribution in [0.1, 0.15) is 47.7 Å². The monoisotopic (exact) mass is 390 g/mol. The topological polar surface area (TPSA) is 32.8 Å². The van der Waals surface area contributed by atoms with Gasteiger partial charge in [0.15, 0.2) is 0 Å². The molecule has 4 heteroatoms. The standard InChI is InChI=1S/C25H30N2O2/c1-19-18-25(12-10-21-7-3-5-9-23(21)29-25)13-15-26(19)16-17-27-14-11-20-6-2-4-8-22(20)24(27)28/h2-9,19H,10-18H2,1H3/t19-,25-/m0/s1. The second-order valence-corrected chi connectivity index (χ2v) is 8.93. The quantitative estimate of drug-likeness (QED) is 0.796. The third-order valence-electron chi connectivity index (χ3n) is 7.14. The minimum Gasteiger partial charge on any atom is -0.487 e. The molecule has 0 saturated carbocycles. The van der Waals surface area contributed by atoms with Gasteiger partial charge in [-0.25, -0.2) is 0 Å². The molecule has 4 nitrogen and oxygen atoms in total. The summed E-state index contributed by atoms with van der Waals surface area (Å²) in [5.74, 6) is 1.28. The predicted octanol–water partition coefficient (Wildman–Crippen LogP) is 3.93. The van der Waals surface area contributed by atoms with E-state index in [-0.39, 0.29) is 11.5 Å². The number of benzene rings is 2. The lowest BCUT2D eigenvalue weighted by atomic mass is 9.80. The van der Waals surface area contributed by atoms with E-state index in [4.69, 9.17) is 4.74 Å². The Morgan fingerprint density at radius 2 is 1.76 bits per heavy atom. The summed E-state index contributed by atoms with van der Waals surface area (Å²) in [6.45, 7) is 5.96. The third-order valence-corrected chi connectivity index (χ3v) is 7.14. The van der Waals surface area contributed by atoms with Gasteiger partial charge in [-0.1, -0.05) is 36.4 Å². The molecule has 3 aliphatic rings. The van der Waals surface area contributed by atoms with E-state index in [9.17, 15) is 4.79 Å². The zero-order valence-corrected chi connectivity index (χ0v) is 17.3. The van der Waals surface area contributed by atoms with Gasteiger partial charge in [-0.2, -0.15) is 0 Å². The molecular formula is C25H30N2O2. The summed E-state index contributed by atoms with van der Waals surface area (Å²) < 4.78 is 6.54. The maximum atomic E-state index is 12.8. The molecule has 5 rings (SSSR count). The molecule has 1 fully saturated rings. The molecule has 29 heavy (non-hydrogen) atoms. The first-order valence-corrected chi connectivity index (χ1v) is 11.0. The Morgan fingerprint density at radius 3 is 2.62 bits per heavy atom. The number of amides is 1. The maximum Gasteiger partial charge on any atom is 0.254 e. The second kappa shape index (κ2) is 7.49. The van der Waals surface area contributed by atoms with Crippen LogP contribution in [0.25, 0.3) is 0 Å². The zero-order valence-electron chi connectivity index (χ0n) is 17.3. The number of ether oxygens (including phenoxy) is 1. The summed E-state index contributed by atoms with van der Waals surface area (Å²) >= 11 is 0. The van der Waals surface area contributed by atoms with Crippen molar-refractivity contribution in [2.75, 3.05) is 26.2 Å². The molecule has 0 unspecified atom stereocenters. The average molecular weight is 391 g/mol. The largest absolute Gasteiger partial charge is 0.487 e. The Hall–Kier alpha value is -2.33. The van der Waals surface area contributed by atoms with Crippen molar-refractivity contribution in [2.45, 2.75) is 50.7 Å². The number of hydrogen-bond acceptors (Lipinski definition) is 3. The van der Waals surface area contributed by atoms with Gasteiger partial charge in [0.2, 0.25) is 0 Å². The molecule has 0 aromatic heterocycles. The average Bonchev–Trinajstić information content (AvgIpc) is 2.75. The second-order valence-electron chi connectivity index (χ2n) is 8.93. The van der Waals surface area contributed by atoms with Crippen molar-refractivity contribution in [3.63, 3.8) is 0 Å². The van der Waals surface area contributed by atoms with E-state index in [1.165, 1.54) is 11.1 Å². The molecule has 2 aromatic rings. The van der Waals surface area contributed by atoms with Crippen LogP contribution in [0.5, 0.6) is 5.75 Å². The van der Waals surface area contributed by atoms with Gasteiger partial charge < -0.3 is 9.64 Å². The SMILES string of the molecule is C[C@H]1C[C@]2(CCc3ccccc3O2)CCN1CCN1CCc2ccccc2C1=O. The van der Waals surface area contributed by atoms with Crippen LogP contribution >= 0.6 is 0 Å². The van der Waals surface area contributed by atoms with Gasteiger partial charge in [-0.15, -0.1) is 0 Å². The van der Waals surface area contributed by atoms with E-state index < -0.39 is 0 Å². The van der Waals surface area contributed by atoms with Crippen LogP contribution in [-0.4, -0.2) is 53.5 Å². The normalized spacial score (nSPS) is 26.7. The number of carbonyl (C=O) groups is 1. The minimum atomic E-state index is -0.00977. The van der Waals surface area contributed by atoms with E-state index in [1.54, 1.807) is 0 Å². The van der Waals surface area contributed by atoms with Crippen molar-refractivity contribution in [3.8, 4) is 5.75 Å². The van der Waals surface area contributed by atoms with Gasteiger partial charge in [-0.05, 0) is 55.9 Å². The summed E-state index contributed by atoms with van der Waals surface area (Å²) in [6.07, 6.45) is 5.34. The first-order valence-electron chi connectivity index (χ1n) is 11.0. The van der Waals surface area contributed by atoms with Crippen molar-refractivity contribution in [1.29, 1.82) is 0 Å². The van der Waals surface area contributed by atoms with E-state index in [0.29, 0.717) is 6.04 Å². The van der Waals surface area contributed by atoms with Gasteiger partial charge in [0.1, 0.15) is 11.4 Å². The smallest absolute Gasteiger partial charge is 0.254 e. The molecule has 0 bridgehead atoms. The molecule has 3 aliphatic heterocycles. The molecular weight excluding hydrogens is 360 g/mol. The highest BCUT2D eigenvalue weighted by Gasteiger charge is 2.42. The Kier molecular flexibility index (Phi) is 4.83. The van der Waals surface area contributed by atoms with Crippen LogP contribution in [0.15, 0.2) is 48.5 Å². The molecule has 1 amide bonds. The van der Waals surface area contributed by atoms with Crippen LogP contribution < -0.4 is 4.74 Å². The predicted molar refractivity (Wildman–Crippen MR) is 114 cm³/mol. The summed E-state index contributed by atoms with van der Waals surface area (Å²) in [4.78, 5) is 17.4. The molecule has 0 N–H and O–H groups in total. The highest BCUT2D eigenvalue weighted by atomic mass is 16.5. The van der Waals surface area contributed by atoms with Crippen LogP contribution in [0.3, 0.4) is 0 Å². The summed E-state index contributed by atoms with van der Waals surface area (Å²) in [7, 11) is 0. The van der Waals surface area contributed by atoms with Gasteiger partial charge in [0.05, 0.1) is 0 Å². The van der Waals surface area contributed by atoms with Crippen LogP contribution in [0.4, 0.5) is 0 Å². The fourth-order valence-electron chi connectivity index (χ4n) is 5.38. The first kappa shape index (κ1) is 18.7. The van der Waals surface area contributed by atoms with Gasteiger partial charge >= 0.3 is 0 Å². The fraction of sp³-hybridized carbons (Fsp3) is 0.480. The Balaban J connectivity index is 1.19. The lowest BCUT2D eigenvalue weighted by molar-refractivity contribution is -0.0377. The third kappa shape index (κ3) is 3.55. The van der Waals surface area contributed by atoms with Crippen molar-refractivity contribution < 1.29 is 9.53 Å². The van der Waals surface area contributed by atoms with Gasteiger partial charge in [0.25, 0.3) is 5.91 Å². The number of fused-ring (bicyclic) bond motifs is 2. The Bertz CT molecular complexity index is 911. The number of carbonyl (C=O) groups excluding carboxylic acids is 1. The van der Waals surface area contributed by atoms with Gasteiger partial charge in [0, 0.05) is 44.2 Å². The summed E-state index contributed by atoms with van der Waals surface area (Å²) in [6, 6.07) is 17.0. The lowest BCUT2D eigenvalue weighted by Gasteiger charge is -2.48. The van der Waals surface area contributed by atoms with Crippen molar-refractivity contribution in [2.24, 2.45) is 0 Å². The molecule has 2 aromatic carbocycles. The van der Waals surface area contributed by atoms with Crippen LogP contribution in [0, 0.1) is 0 Å². The van der Waals surface area contributed by atoms with E-state index in [2.05, 4.69) is 42.2 Å². The van der Waals surface area contributed by atoms with E-state index in [0.717, 1.165) is 69.6 Å². The van der Waals surface area contributed by atoms with Crippen LogP contribution in [0.2, 0.25) is 0 Å². The number of nitrogens with zero attached hydrogens (tertiary/aromatic N) is 2. The molecule has 1 spiro atoms.